The van der Waals surface area contributed by atoms with E-state index in [0.717, 1.165) is 11.8 Å². The number of nitro groups is 1. The van der Waals surface area contributed by atoms with Gasteiger partial charge in [0.1, 0.15) is 13.2 Å². The summed E-state index contributed by atoms with van der Waals surface area (Å²) >= 11 is 2.27. The Bertz CT molecular complexity index is 1010. The minimum Gasteiger partial charge on any atom is -0.486 e. The molecule has 2 aromatic rings. The van der Waals surface area contributed by atoms with E-state index in [2.05, 4.69) is 10.2 Å². The maximum Gasteiger partial charge on any atom is 0.348 e. The predicted octanol–water partition coefficient (Wildman–Crippen LogP) is 2.91. The Morgan fingerprint density at radius 3 is 2.81 bits per heavy atom. The molecule has 0 radical (unpaired) electrons. The van der Waals surface area contributed by atoms with Gasteiger partial charge in [-0.3, -0.25) is 10.1 Å². The molecule has 1 aromatic carbocycles. The number of benzene rings is 1. The molecule has 4 rings (SSSR count). The molecule has 0 fully saturated rings. The van der Waals surface area contributed by atoms with Crippen LogP contribution < -0.4 is 15.2 Å². The number of aromatic nitrogens is 3. The third kappa shape index (κ3) is 3.74. The minimum atomic E-state index is -0.404. The SMILES string of the molecule is O=c1[nH]nc(SC2=CCCC=C([N+](=O)[O-])S2)n1-c1ccc2c(c1)OCCO2. The molecule has 2 aliphatic rings. The van der Waals surface area contributed by atoms with Gasteiger partial charge in [-0.05, 0) is 48.5 Å². The Kier molecular flexibility index (Phi) is 4.94. The molecule has 1 aromatic heterocycles. The molecule has 11 heteroatoms. The van der Waals surface area contributed by atoms with E-state index in [1.807, 2.05) is 6.08 Å². The van der Waals surface area contributed by atoms with Gasteiger partial charge in [0, 0.05) is 12.1 Å². The first kappa shape index (κ1) is 17.7. The van der Waals surface area contributed by atoms with Crippen molar-refractivity contribution in [3.05, 3.63) is 60.2 Å². The third-order valence-electron chi connectivity index (χ3n) is 3.80. The largest absolute Gasteiger partial charge is 0.486 e. The highest BCUT2D eigenvalue weighted by Gasteiger charge is 2.21. The fourth-order valence-corrected chi connectivity index (χ4v) is 4.69. The van der Waals surface area contributed by atoms with Crippen LogP contribution in [0.2, 0.25) is 0 Å². The first-order valence-corrected chi connectivity index (χ1v) is 9.73. The lowest BCUT2D eigenvalue weighted by atomic mass is 10.2. The standard InChI is InChI=1S/C16H14N4O5S2/c21-15-17-18-16(27-14-4-2-1-3-13(26-14)20(22)23)19(15)10-5-6-11-12(9-10)25-8-7-24-11/h3-6,9H,1-2,7-8H2,(H,17,21). The Balaban J connectivity index is 1.65. The lowest BCUT2D eigenvalue weighted by Crippen LogP contribution is -2.18. The summed E-state index contributed by atoms with van der Waals surface area (Å²) in [6.07, 6.45) is 4.80. The second kappa shape index (κ2) is 7.53. The molecular formula is C16H14N4O5S2. The monoisotopic (exact) mass is 406 g/mol. The summed E-state index contributed by atoms with van der Waals surface area (Å²) in [6.45, 7) is 0.925. The summed E-state index contributed by atoms with van der Waals surface area (Å²) in [7, 11) is 0. The van der Waals surface area contributed by atoms with Crippen LogP contribution in [0.3, 0.4) is 0 Å². The zero-order chi connectivity index (χ0) is 18.8. The molecule has 0 aliphatic carbocycles. The predicted molar refractivity (Wildman–Crippen MR) is 101 cm³/mol. The van der Waals surface area contributed by atoms with Gasteiger partial charge in [0.15, 0.2) is 11.5 Å². The van der Waals surface area contributed by atoms with Crippen molar-refractivity contribution < 1.29 is 14.4 Å². The van der Waals surface area contributed by atoms with Crippen molar-refractivity contribution in [1.82, 2.24) is 14.8 Å². The molecule has 0 saturated heterocycles. The van der Waals surface area contributed by atoms with E-state index in [0.29, 0.717) is 52.6 Å². The van der Waals surface area contributed by atoms with Crippen LogP contribution in [0.1, 0.15) is 12.8 Å². The molecule has 0 saturated carbocycles. The molecule has 0 atom stereocenters. The van der Waals surface area contributed by atoms with Crippen molar-refractivity contribution in [3.63, 3.8) is 0 Å². The second-order valence-corrected chi connectivity index (χ2v) is 7.91. The number of rotatable bonds is 4. The minimum absolute atomic E-state index is 0.0787. The number of aromatic amines is 1. The molecule has 0 amide bonds. The second-order valence-electron chi connectivity index (χ2n) is 5.58. The van der Waals surface area contributed by atoms with E-state index in [1.165, 1.54) is 16.3 Å². The van der Waals surface area contributed by atoms with Gasteiger partial charge in [0.2, 0.25) is 5.16 Å². The number of thioether (sulfide) groups is 2. The summed E-state index contributed by atoms with van der Waals surface area (Å²) in [5, 5.41) is 18.1. The average molecular weight is 406 g/mol. The molecule has 3 heterocycles. The van der Waals surface area contributed by atoms with E-state index in [9.17, 15) is 14.9 Å². The highest BCUT2D eigenvalue weighted by molar-refractivity contribution is 8.23. The quantitative estimate of drug-likeness (QED) is 0.609. The van der Waals surface area contributed by atoms with E-state index in [1.54, 1.807) is 24.3 Å². The zero-order valence-corrected chi connectivity index (χ0v) is 15.5. The van der Waals surface area contributed by atoms with Crippen LogP contribution >= 0.6 is 23.5 Å². The summed E-state index contributed by atoms with van der Waals surface area (Å²) in [4.78, 5) is 23.0. The molecule has 0 bridgehead atoms. The number of H-pyrrole nitrogens is 1. The van der Waals surface area contributed by atoms with Crippen LogP contribution in [0.5, 0.6) is 11.5 Å². The fraction of sp³-hybridized carbons (Fsp3) is 0.250. The van der Waals surface area contributed by atoms with Crippen molar-refractivity contribution in [3.8, 4) is 17.2 Å². The van der Waals surface area contributed by atoms with Crippen molar-refractivity contribution in [1.29, 1.82) is 0 Å². The van der Waals surface area contributed by atoms with Crippen LogP contribution in [0.15, 0.2) is 49.6 Å². The van der Waals surface area contributed by atoms with Gasteiger partial charge in [0.25, 0.3) is 0 Å². The van der Waals surface area contributed by atoms with Crippen LogP contribution in [-0.4, -0.2) is 32.9 Å². The maximum atomic E-state index is 12.3. The molecule has 9 nitrogen and oxygen atoms in total. The van der Waals surface area contributed by atoms with Gasteiger partial charge in [-0.25, -0.2) is 14.5 Å². The molecular weight excluding hydrogens is 392 g/mol. The van der Waals surface area contributed by atoms with E-state index in [-0.39, 0.29) is 5.03 Å². The van der Waals surface area contributed by atoms with Crippen LogP contribution in [0, 0.1) is 10.1 Å². The topological polar surface area (TPSA) is 112 Å². The van der Waals surface area contributed by atoms with Crippen molar-refractivity contribution in [2.24, 2.45) is 0 Å². The lowest BCUT2D eigenvalue weighted by molar-refractivity contribution is -0.410. The summed E-state index contributed by atoms with van der Waals surface area (Å²) in [5.41, 5.74) is 0.170. The number of fused-ring (bicyclic) bond motifs is 1. The number of nitrogens with one attached hydrogen (secondary N) is 1. The van der Waals surface area contributed by atoms with Crippen molar-refractivity contribution in [2.75, 3.05) is 13.2 Å². The first-order valence-electron chi connectivity index (χ1n) is 8.09. The molecule has 1 N–H and O–H groups in total. The number of allylic oxidation sites excluding steroid dienone is 2. The molecule has 0 unspecified atom stereocenters. The van der Waals surface area contributed by atoms with Gasteiger partial charge in [0.05, 0.1) is 14.8 Å². The van der Waals surface area contributed by atoms with E-state index < -0.39 is 10.6 Å². The highest BCUT2D eigenvalue weighted by Crippen LogP contribution is 2.41. The summed E-state index contributed by atoms with van der Waals surface area (Å²) in [6, 6.07) is 5.20. The van der Waals surface area contributed by atoms with Gasteiger partial charge >= 0.3 is 10.7 Å². The van der Waals surface area contributed by atoms with Crippen molar-refractivity contribution in [2.45, 2.75) is 18.0 Å². The Morgan fingerprint density at radius 1 is 1.22 bits per heavy atom. The molecule has 27 heavy (non-hydrogen) atoms. The number of hydrogen-bond donors (Lipinski definition) is 1. The van der Waals surface area contributed by atoms with Gasteiger partial charge in [-0.1, -0.05) is 6.08 Å². The van der Waals surface area contributed by atoms with Crippen LogP contribution in [0.4, 0.5) is 0 Å². The number of nitrogens with zero attached hydrogens (tertiary/aromatic N) is 3. The van der Waals surface area contributed by atoms with Gasteiger partial charge < -0.3 is 9.47 Å². The molecule has 140 valence electrons. The van der Waals surface area contributed by atoms with Crippen LogP contribution in [-0.2, 0) is 0 Å². The third-order valence-corrected chi connectivity index (χ3v) is 6.02. The Morgan fingerprint density at radius 2 is 2.00 bits per heavy atom. The smallest absolute Gasteiger partial charge is 0.348 e. The number of ether oxygens (including phenoxy) is 2. The van der Waals surface area contributed by atoms with Gasteiger partial charge in [-0.2, -0.15) is 0 Å². The molecule has 0 spiro atoms. The Hall–Kier alpha value is -2.66. The number of hydrogen-bond acceptors (Lipinski definition) is 8. The Labute approximate surface area is 161 Å². The maximum absolute atomic E-state index is 12.3. The highest BCUT2D eigenvalue weighted by atomic mass is 32.2. The normalized spacial score (nSPS) is 16.3. The average Bonchev–Trinajstić information content (AvgIpc) is 2.88. The summed E-state index contributed by atoms with van der Waals surface area (Å²) in [5.74, 6) is 1.18. The molecule has 2 aliphatic heterocycles. The lowest BCUT2D eigenvalue weighted by Gasteiger charge is -2.19. The summed E-state index contributed by atoms with van der Waals surface area (Å²) < 4.78 is 13.2. The van der Waals surface area contributed by atoms with Crippen molar-refractivity contribution >= 4 is 23.5 Å². The van der Waals surface area contributed by atoms with E-state index in [4.69, 9.17) is 9.47 Å². The van der Waals surface area contributed by atoms with Gasteiger partial charge in [-0.15, -0.1) is 5.10 Å². The van der Waals surface area contributed by atoms with E-state index >= 15 is 0 Å². The van der Waals surface area contributed by atoms with Crippen LogP contribution in [0.25, 0.3) is 5.69 Å². The first-order chi connectivity index (χ1) is 13.1. The zero-order valence-electron chi connectivity index (χ0n) is 13.9. The fourth-order valence-electron chi connectivity index (χ4n) is 2.61.